The van der Waals surface area contributed by atoms with Gasteiger partial charge in [-0.2, -0.15) is 0 Å². The molecule has 0 spiro atoms. The summed E-state index contributed by atoms with van der Waals surface area (Å²) in [6.07, 6.45) is 10.7. The molecular weight excluding hydrogens is 120 g/mol. The molecule has 10 heavy (non-hydrogen) atoms. The highest BCUT2D eigenvalue weighted by atomic mass is 13.8. The van der Waals surface area contributed by atoms with E-state index in [1.54, 1.807) is 6.08 Å². The third-order valence-electron chi connectivity index (χ3n) is 1.10. The normalized spacial score (nSPS) is 11.9. The Morgan fingerprint density at radius 2 is 2.10 bits per heavy atom. The zero-order chi connectivity index (χ0) is 7.82. The van der Waals surface area contributed by atoms with Gasteiger partial charge in [0.1, 0.15) is 0 Å². The van der Waals surface area contributed by atoms with Crippen LogP contribution in [0.15, 0.2) is 49.1 Å². The summed E-state index contributed by atoms with van der Waals surface area (Å²) in [4.78, 5) is 0. The van der Waals surface area contributed by atoms with E-state index in [0.29, 0.717) is 0 Å². The first-order valence-corrected chi connectivity index (χ1v) is 3.38. The van der Waals surface area contributed by atoms with Gasteiger partial charge in [0.05, 0.1) is 0 Å². The van der Waals surface area contributed by atoms with Crippen molar-refractivity contribution < 1.29 is 0 Å². The maximum absolute atomic E-state index is 3.62. The Kier molecular flexibility index (Phi) is 5.45. The minimum Gasteiger partial charge on any atom is -0.103 e. The Hall–Kier alpha value is -1.04. The first-order chi connectivity index (χ1) is 4.81. The number of rotatable bonds is 4. The molecule has 0 aromatic carbocycles. The van der Waals surface area contributed by atoms with Crippen LogP contribution in [0, 0.1) is 0 Å². The van der Waals surface area contributed by atoms with E-state index < -0.39 is 0 Å². The van der Waals surface area contributed by atoms with Crippen molar-refractivity contribution in [3.8, 4) is 0 Å². The van der Waals surface area contributed by atoms with Gasteiger partial charge < -0.3 is 0 Å². The van der Waals surface area contributed by atoms with Crippen LogP contribution in [0.5, 0.6) is 0 Å². The van der Waals surface area contributed by atoms with Gasteiger partial charge in [0, 0.05) is 0 Å². The van der Waals surface area contributed by atoms with Gasteiger partial charge in [0.25, 0.3) is 0 Å². The number of hydrogen-bond donors (Lipinski definition) is 0. The summed E-state index contributed by atoms with van der Waals surface area (Å²) < 4.78 is 0. The molecule has 0 aromatic heterocycles. The van der Waals surface area contributed by atoms with Crippen LogP contribution in [0.3, 0.4) is 0 Å². The predicted octanol–water partition coefficient (Wildman–Crippen LogP) is 3.25. The molecule has 0 amide bonds. The third-order valence-corrected chi connectivity index (χ3v) is 1.10. The summed E-state index contributed by atoms with van der Waals surface area (Å²) >= 11 is 0. The van der Waals surface area contributed by atoms with Gasteiger partial charge in [-0.1, -0.05) is 42.5 Å². The van der Waals surface area contributed by atoms with Crippen molar-refractivity contribution in [3.05, 3.63) is 49.1 Å². The molecule has 0 N–H and O–H groups in total. The fourth-order valence-electron chi connectivity index (χ4n) is 0.557. The second-order valence-electron chi connectivity index (χ2n) is 2.07. The van der Waals surface area contributed by atoms with Crippen molar-refractivity contribution in [2.45, 2.75) is 13.3 Å². The second-order valence-corrected chi connectivity index (χ2v) is 2.07. The van der Waals surface area contributed by atoms with Gasteiger partial charge in [-0.3, -0.25) is 0 Å². The van der Waals surface area contributed by atoms with E-state index in [-0.39, 0.29) is 0 Å². The molecule has 0 rings (SSSR count). The zero-order valence-electron chi connectivity index (χ0n) is 6.51. The van der Waals surface area contributed by atoms with Gasteiger partial charge in [-0.25, -0.2) is 0 Å². The monoisotopic (exact) mass is 134 g/mol. The lowest BCUT2D eigenvalue weighted by Crippen LogP contribution is -1.66. The molecule has 0 nitrogen and oxygen atoms in total. The highest BCUT2D eigenvalue weighted by Crippen LogP contribution is 1.97. The molecular formula is C10H14. The Morgan fingerprint density at radius 3 is 2.60 bits per heavy atom. The van der Waals surface area contributed by atoms with Gasteiger partial charge in [0.2, 0.25) is 0 Å². The van der Waals surface area contributed by atoms with Gasteiger partial charge in [-0.05, 0) is 13.3 Å². The molecule has 0 aromatic rings. The second kappa shape index (κ2) is 6.09. The van der Waals surface area contributed by atoms with Gasteiger partial charge in [0.15, 0.2) is 0 Å². The summed E-state index contributed by atoms with van der Waals surface area (Å²) in [6, 6.07) is 0. The van der Waals surface area contributed by atoms with Crippen LogP contribution in [-0.4, -0.2) is 0 Å². The first-order valence-electron chi connectivity index (χ1n) is 3.38. The fraction of sp³-hybridized carbons (Fsp3) is 0.200. The van der Waals surface area contributed by atoms with E-state index in [2.05, 4.69) is 26.2 Å². The van der Waals surface area contributed by atoms with Crippen LogP contribution in [-0.2, 0) is 0 Å². The Labute approximate surface area is 63.3 Å². The molecule has 54 valence electrons. The van der Waals surface area contributed by atoms with E-state index in [0.717, 1.165) is 6.42 Å². The van der Waals surface area contributed by atoms with Crippen LogP contribution in [0.1, 0.15) is 13.3 Å². The van der Waals surface area contributed by atoms with Crippen molar-refractivity contribution >= 4 is 0 Å². The maximum atomic E-state index is 3.62. The molecule has 0 heteroatoms. The Bertz CT molecular complexity index is 159. The molecule has 0 heterocycles. The van der Waals surface area contributed by atoms with Crippen LogP contribution in [0.4, 0.5) is 0 Å². The molecule has 0 aliphatic rings. The van der Waals surface area contributed by atoms with E-state index >= 15 is 0 Å². The van der Waals surface area contributed by atoms with E-state index in [9.17, 15) is 0 Å². The number of allylic oxidation sites excluding steroid dienone is 6. The molecule has 0 bridgehead atoms. The van der Waals surface area contributed by atoms with Crippen molar-refractivity contribution in [1.29, 1.82) is 0 Å². The summed E-state index contributed by atoms with van der Waals surface area (Å²) in [5, 5.41) is 0. The SMILES string of the molecule is C=C/C=C\C(C)=C/CC=C. The average molecular weight is 134 g/mol. The minimum atomic E-state index is 0.938. The van der Waals surface area contributed by atoms with E-state index in [4.69, 9.17) is 0 Å². The molecule has 0 saturated carbocycles. The molecule has 0 unspecified atom stereocenters. The van der Waals surface area contributed by atoms with E-state index in [1.165, 1.54) is 5.57 Å². The largest absolute Gasteiger partial charge is 0.103 e. The summed E-state index contributed by atoms with van der Waals surface area (Å²) in [5.74, 6) is 0. The van der Waals surface area contributed by atoms with Crippen LogP contribution >= 0.6 is 0 Å². The van der Waals surface area contributed by atoms with Crippen molar-refractivity contribution in [3.63, 3.8) is 0 Å². The fourth-order valence-corrected chi connectivity index (χ4v) is 0.557. The zero-order valence-corrected chi connectivity index (χ0v) is 6.51. The highest BCUT2D eigenvalue weighted by molar-refractivity contribution is 5.19. The van der Waals surface area contributed by atoms with E-state index in [1.807, 2.05) is 18.2 Å². The number of hydrogen-bond acceptors (Lipinski definition) is 0. The van der Waals surface area contributed by atoms with Crippen LogP contribution in [0.2, 0.25) is 0 Å². The summed E-state index contributed by atoms with van der Waals surface area (Å²) in [7, 11) is 0. The lowest BCUT2D eigenvalue weighted by molar-refractivity contribution is 1.34. The molecule has 0 aliphatic heterocycles. The lowest BCUT2D eigenvalue weighted by Gasteiger charge is -1.86. The van der Waals surface area contributed by atoms with Gasteiger partial charge in [-0.15, -0.1) is 6.58 Å². The summed E-state index contributed by atoms with van der Waals surface area (Å²) in [6.45, 7) is 9.26. The quantitative estimate of drug-likeness (QED) is 0.409. The van der Waals surface area contributed by atoms with Crippen LogP contribution < -0.4 is 0 Å². The lowest BCUT2D eigenvalue weighted by atomic mass is 10.2. The molecule has 0 atom stereocenters. The smallest absolute Gasteiger partial charge is 0.0166 e. The third kappa shape index (κ3) is 5.10. The van der Waals surface area contributed by atoms with Crippen molar-refractivity contribution in [1.82, 2.24) is 0 Å². The molecule has 0 radical (unpaired) electrons. The Balaban J connectivity index is 3.80. The average Bonchev–Trinajstić information content (AvgIpc) is 1.97. The van der Waals surface area contributed by atoms with Gasteiger partial charge >= 0.3 is 0 Å². The molecule has 0 saturated heterocycles. The van der Waals surface area contributed by atoms with Crippen molar-refractivity contribution in [2.75, 3.05) is 0 Å². The predicted molar refractivity (Wildman–Crippen MR) is 47.9 cm³/mol. The topological polar surface area (TPSA) is 0 Å². The molecule has 0 fully saturated rings. The highest BCUT2D eigenvalue weighted by Gasteiger charge is 1.76. The molecule has 0 aliphatic carbocycles. The maximum Gasteiger partial charge on any atom is -0.0166 e. The standard InChI is InChI=1S/C10H14/c1-4-6-8-10(3)9-7-5-2/h4-6,8-9H,1-2,7H2,3H3/b8-6-,10-9-. The van der Waals surface area contributed by atoms with Crippen molar-refractivity contribution in [2.24, 2.45) is 0 Å². The first kappa shape index (κ1) is 8.96. The summed E-state index contributed by atoms with van der Waals surface area (Å²) in [5.41, 5.74) is 1.25. The Morgan fingerprint density at radius 1 is 1.40 bits per heavy atom. The van der Waals surface area contributed by atoms with Crippen LogP contribution in [0.25, 0.3) is 0 Å². The minimum absolute atomic E-state index is 0.938.